The molecule has 2 rings (SSSR count). The van der Waals surface area contributed by atoms with Gasteiger partial charge < -0.3 is 10.2 Å². The molecule has 0 amide bonds. The summed E-state index contributed by atoms with van der Waals surface area (Å²) < 4.78 is 14.0. The Morgan fingerprint density at radius 2 is 2.10 bits per heavy atom. The summed E-state index contributed by atoms with van der Waals surface area (Å²) in [6.45, 7) is 4.33. The SMILES string of the molecule is CCNCc1c(F)cccc1N(C)CCc1cccs1. The maximum atomic E-state index is 14.0. The van der Waals surface area contributed by atoms with E-state index in [4.69, 9.17) is 0 Å². The first-order chi connectivity index (χ1) is 9.72. The van der Waals surface area contributed by atoms with Gasteiger partial charge in [-0.1, -0.05) is 19.1 Å². The Hall–Kier alpha value is -1.39. The van der Waals surface area contributed by atoms with Crippen LogP contribution in [0.3, 0.4) is 0 Å². The minimum atomic E-state index is -0.133. The van der Waals surface area contributed by atoms with Crippen molar-refractivity contribution in [2.45, 2.75) is 19.9 Å². The van der Waals surface area contributed by atoms with Gasteiger partial charge in [0.1, 0.15) is 5.82 Å². The molecule has 20 heavy (non-hydrogen) atoms. The maximum absolute atomic E-state index is 14.0. The summed E-state index contributed by atoms with van der Waals surface area (Å²) in [5.41, 5.74) is 1.73. The number of halogens is 1. The fourth-order valence-corrected chi connectivity index (χ4v) is 2.88. The van der Waals surface area contributed by atoms with Gasteiger partial charge in [0, 0.05) is 36.3 Å². The Morgan fingerprint density at radius 3 is 2.80 bits per heavy atom. The lowest BCUT2D eigenvalue weighted by Gasteiger charge is -2.23. The second-order valence-electron chi connectivity index (χ2n) is 4.77. The molecule has 0 unspecified atom stereocenters. The van der Waals surface area contributed by atoms with Crippen molar-refractivity contribution in [1.82, 2.24) is 5.32 Å². The number of likely N-dealkylation sites (N-methyl/N-ethyl adjacent to an activating group) is 1. The van der Waals surface area contributed by atoms with Gasteiger partial charge in [0.15, 0.2) is 0 Å². The number of benzene rings is 1. The van der Waals surface area contributed by atoms with Crippen molar-refractivity contribution in [2.24, 2.45) is 0 Å². The van der Waals surface area contributed by atoms with Crippen LogP contribution in [-0.4, -0.2) is 20.1 Å². The van der Waals surface area contributed by atoms with Crippen molar-refractivity contribution < 1.29 is 4.39 Å². The highest BCUT2D eigenvalue weighted by atomic mass is 32.1. The van der Waals surface area contributed by atoms with Crippen LogP contribution >= 0.6 is 11.3 Å². The highest BCUT2D eigenvalue weighted by Gasteiger charge is 2.11. The molecule has 108 valence electrons. The van der Waals surface area contributed by atoms with Crippen LogP contribution in [0, 0.1) is 5.82 Å². The quantitative estimate of drug-likeness (QED) is 0.837. The number of hydrogen-bond donors (Lipinski definition) is 1. The topological polar surface area (TPSA) is 15.3 Å². The first-order valence-corrected chi connectivity index (χ1v) is 7.82. The highest BCUT2D eigenvalue weighted by Crippen LogP contribution is 2.23. The predicted molar refractivity (Wildman–Crippen MR) is 85.1 cm³/mol. The summed E-state index contributed by atoms with van der Waals surface area (Å²) in [6, 6.07) is 9.51. The van der Waals surface area contributed by atoms with Crippen molar-refractivity contribution in [3.05, 3.63) is 52.0 Å². The summed E-state index contributed by atoms with van der Waals surface area (Å²) in [4.78, 5) is 3.50. The summed E-state index contributed by atoms with van der Waals surface area (Å²) in [6.07, 6.45) is 0.991. The first kappa shape index (κ1) is 15.0. The van der Waals surface area contributed by atoms with Crippen LogP contribution in [0.2, 0.25) is 0 Å². The molecule has 0 atom stereocenters. The van der Waals surface area contributed by atoms with Crippen molar-refractivity contribution in [1.29, 1.82) is 0 Å². The first-order valence-electron chi connectivity index (χ1n) is 6.94. The van der Waals surface area contributed by atoms with Crippen LogP contribution in [0.15, 0.2) is 35.7 Å². The summed E-state index contributed by atoms with van der Waals surface area (Å²) in [7, 11) is 2.03. The van der Waals surface area contributed by atoms with Gasteiger partial charge in [0.25, 0.3) is 0 Å². The maximum Gasteiger partial charge on any atom is 0.129 e. The van der Waals surface area contributed by atoms with Gasteiger partial charge in [-0.15, -0.1) is 11.3 Å². The van der Waals surface area contributed by atoms with Gasteiger partial charge in [-0.25, -0.2) is 4.39 Å². The molecule has 2 nitrogen and oxygen atoms in total. The number of nitrogens with one attached hydrogen (secondary N) is 1. The number of rotatable bonds is 7. The molecule has 0 aliphatic carbocycles. The molecule has 0 aliphatic heterocycles. The molecule has 1 aromatic carbocycles. The lowest BCUT2D eigenvalue weighted by molar-refractivity contribution is 0.592. The molecular weight excluding hydrogens is 271 g/mol. The number of anilines is 1. The van der Waals surface area contributed by atoms with Gasteiger partial charge in [-0.2, -0.15) is 0 Å². The van der Waals surface area contributed by atoms with Gasteiger partial charge >= 0.3 is 0 Å². The summed E-state index contributed by atoms with van der Waals surface area (Å²) in [5.74, 6) is -0.133. The Balaban J connectivity index is 2.07. The van der Waals surface area contributed by atoms with E-state index in [9.17, 15) is 4.39 Å². The minimum absolute atomic E-state index is 0.133. The third-order valence-corrected chi connectivity index (χ3v) is 4.27. The molecule has 0 saturated carbocycles. The van der Waals surface area contributed by atoms with Crippen LogP contribution in [0.25, 0.3) is 0 Å². The van der Waals surface area contributed by atoms with Gasteiger partial charge in [-0.05, 0) is 36.5 Å². The zero-order chi connectivity index (χ0) is 14.4. The average Bonchev–Trinajstić information content (AvgIpc) is 2.96. The van der Waals surface area contributed by atoms with E-state index in [-0.39, 0.29) is 5.82 Å². The van der Waals surface area contributed by atoms with E-state index in [2.05, 4.69) is 27.7 Å². The van der Waals surface area contributed by atoms with Crippen LogP contribution in [-0.2, 0) is 13.0 Å². The van der Waals surface area contributed by atoms with E-state index in [0.717, 1.165) is 30.8 Å². The predicted octanol–water partition coefficient (Wildman–Crippen LogP) is 3.68. The highest BCUT2D eigenvalue weighted by molar-refractivity contribution is 7.09. The molecule has 1 heterocycles. The average molecular weight is 292 g/mol. The van der Waals surface area contributed by atoms with Crippen LogP contribution in [0.1, 0.15) is 17.4 Å². The van der Waals surface area contributed by atoms with Crippen molar-refractivity contribution in [3.63, 3.8) is 0 Å². The molecule has 0 aliphatic rings. The Kier molecular flexibility index (Phi) is 5.56. The monoisotopic (exact) mass is 292 g/mol. The largest absolute Gasteiger partial charge is 0.374 e. The van der Waals surface area contributed by atoms with Crippen LogP contribution in [0.4, 0.5) is 10.1 Å². The number of nitrogens with zero attached hydrogens (tertiary/aromatic N) is 1. The molecule has 4 heteroatoms. The molecular formula is C16H21FN2S. The minimum Gasteiger partial charge on any atom is -0.374 e. The zero-order valence-electron chi connectivity index (χ0n) is 12.0. The normalized spacial score (nSPS) is 10.8. The Labute approximate surface area is 124 Å². The standard InChI is InChI=1S/C16H21FN2S/c1-3-18-12-14-15(17)7-4-8-16(14)19(2)10-9-13-6-5-11-20-13/h4-8,11,18H,3,9-10,12H2,1-2H3. The van der Waals surface area contributed by atoms with E-state index in [1.807, 2.05) is 20.0 Å². The fraction of sp³-hybridized carbons (Fsp3) is 0.375. The lowest BCUT2D eigenvalue weighted by Crippen LogP contribution is -2.24. The fourth-order valence-electron chi connectivity index (χ4n) is 2.18. The third-order valence-electron chi connectivity index (χ3n) is 3.33. The summed E-state index contributed by atoms with van der Waals surface area (Å²) in [5, 5.41) is 5.30. The molecule has 0 fully saturated rings. The molecule has 0 radical (unpaired) electrons. The van der Waals surface area contributed by atoms with E-state index < -0.39 is 0 Å². The van der Waals surface area contributed by atoms with E-state index >= 15 is 0 Å². The van der Waals surface area contributed by atoms with Crippen LogP contribution in [0.5, 0.6) is 0 Å². The Bertz CT molecular complexity index is 525. The van der Waals surface area contributed by atoms with E-state index in [1.165, 1.54) is 10.9 Å². The molecule has 2 aromatic rings. The van der Waals surface area contributed by atoms with Crippen molar-refractivity contribution >= 4 is 17.0 Å². The second kappa shape index (κ2) is 7.41. The molecule has 0 bridgehead atoms. The van der Waals surface area contributed by atoms with Crippen molar-refractivity contribution in [2.75, 3.05) is 25.0 Å². The number of hydrogen-bond acceptors (Lipinski definition) is 3. The van der Waals surface area contributed by atoms with Gasteiger partial charge in [-0.3, -0.25) is 0 Å². The third kappa shape index (κ3) is 3.81. The van der Waals surface area contributed by atoms with Gasteiger partial charge in [0.05, 0.1) is 0 Å². The van der Waals surface area contributed by atoms with Crippen molar-refractivity contribution in [3.8, 4) is 0 Å². The lowest BCUT2D eigenvalue weighted by atomic mass is 10.1. The molecule has 1 aromatic heterocycles. The zero-order valence-corrected chi connectivity index (χ0v) is 12.8. The molecule has 0 spiro atoms. The van der Waals surface area contributed by atoms with Gasteiger partial charge in [0.2, 0.25) is 0 Å². The Morgan fingerprint density at radius 1 is 1.25 bits per heavy atom. The van der Waals surface area contributed by atoms with E-state index in [0.29, 0.717) is 6.54 Å². The van der Waals surface area contributed by atoms with Crippen LogP contribution < -0.4 is 10.2 Å². The second-order valence-corrected chi connectivity index (χ2v) is 5.80. The molecule has 0 saturated heterocycles. The number of thiophene rings is 1. The molecule has 1 N–H and O–H groups in total. The summed E-state index contributed by atoms with van der Waals surface area (Å²) >= 11 is 1.77. The smallest absolute Gasteiger partial charge is 0.129 e. The van der Waals surface area contributed by atoms with E-state index in [1.54, 1.807) is 17.4 Å².